The SMILES string of the molecule is Fc1cc(Br)[c]c(Br)c1Cl. The van der Waals surface area contributed by atoms with Crippen molar-refractivity contribution in [2.75, 3.05) is 0 Å². The highest BCUT2D eigenvalue weighted by molar-refractivity contribution is 9.11. The lowest BCUT2D eigenvalue weighted by Gasteiger charge is -1.96. The molecule has 1 aromatic carbocycles. The summed E-state index contributed by atoms with van der Waals surface area (Å²) in [5, 5.41) is 0.0585. The van der Waals surface area contributed by atoms with Crippen molar-refractivity contribution >= 4 is 43.5 Å². The van der Waals surface area contributed by atoms with Crippen molar-refractivity contribution in [2.24, 2.45) is 0 Å². The minimum absolute atomic E-state index is 0.0585. The Labute approximate surface area is 79.6 Å². The van der Waals surface area contributed by atoms with Crippen LogP contribution in [-0.4, -0.2) is 0 Å². The van der Waals surface area contributed by atoms with Crippen molar-refractivity contribution in [1.82, 2.24) is 0 Å². The maximum Gasteiger partial charge on any atom is 0.144 e. The lowest BCUT2D eigenvalue weighted by molar-refractivity contribution is 0.626. The Morgan fingerprint density at radius 1 is 1.50 bits per heavy atom. The normalized spacial score (nSPS) is 10.0. The van der Waals surface area contributed by atoms with E-state index in [1.807, 2.05) is 0 Å². The first-order valence-corrected chi connectivity index (χ1v) is 4.30. The summed E-state index contributed by atoms with van der Waals surface area (Å²) in [7, 11) is 0. The van der Waals surface area contributed by atoms with Crippen molar-refractivity contribution in [2.45, 2.75) is 0 Å². The molecule has 0 saturated heterocycles. The molecule has 1 radical (unpaired) electrons. The lowest BCUT2D eigenvalue weighted by Crippen LogP contribution is -1.78. The van der Waals surface area contributed by atoms with E-state index in [1.54, 1.807) is 0 Å². The highest BCUT2D eigenvalue weighted by Crippen LogP contribution is 2.28. The van der Waals surface area contributed by atoms with E-state index in [4.69, 9.17) is 11.6 Å². The van der Waals surface area contributed by atoms with Crippen molar-refractivity contribution in [3.63, 3.8) is 0 Å². The van der Waals surface area contributed by atoms with Crippen molar-refractivity contribution in [1.29, 1.82) is 0 Å². The Bertz CT molecular complexity index is 239. The number of halogens is 4. The van der Waals surface area contributed by atoms with Crippen molar-refractivity contribution in [3.05, 3.63) is 31.9 Å². The molecule has 0 bridgehead atoms. The van der Waals surface area contributed by atoms with Crippen LogP contribution >= 0.6 is 43.5 Å². The molecule has 53 valence electrons. The molecule has 1 aromatic rings. The Balaban J connectivity index is 3.31. The summed E-state index contributed by atoms with van der Waals surface area (Å²) >= 11 is 11.6. The van der Waals surface area contributed by atoms with Crippen molar-refractivity contribution in [3.8, 4) is 0 Å². The molecule has 10 heavy (non-hydrogen) atoms. The first kappa shape index (κ1) is 8.50. The summed E-state index contributed by atoms with van der Waals surface area (Å²) in [5.41, 5.74) is 0. The molecule has 0 aliphatic heterocycles. The monoisotopic (exact) mass is 285 g/mol. The Morgan fingerprint density at radius 3 is 2.60 bits per heavy atom. The maximum atomic E-state index is 12.6. The van der Waals surface area contributed by atoms with E-state index in [0.717, 1.165) is 0 Å². The van der Waals surface area contributed by atoms with Gasteiger partial charge >= 0.3 is 0 Å². The molecule has 0 amide bonds. The molecular weight excluding hydrogens is 286 g/mol. The predicted molar refractivity (Wildman–Crippen MR) is 45.6 cm³/mol. The van der Waals surface area contributed by atoms with Gasteiger partial charge < -0.3 is 0 Å². The van der Waals surface area contributed by atoms with Gasteiger partial charge in [-0.3, -0.25) is 0 Å². The summed E-state index contributed by atoms with van der Waals surface area (Å²) in [6, 6.07) is 4.00. The molecule has 0 nitrogen and oxygen atoms in total. The standard InChI is InChI=1S/C6HBr2ClF/c7-3-1-4(8)6(9)5(10)2-3/h2H. The lowest BCUT2D eigenvalue weighted by atomic mass is 10.3. The first-order chi connectivity index (χ1) is 4.61. The summed E-state index contributed by atoms with van der Waals surface area (Å²) in [4.78, 5) is 0. The number of hydrogen-bond donors (Lipinski definition) is 0. The molecule has 0 N–H and O–H groups in total. The van der Waals surface area contributed by atoms with Crippen LogP contribution in [0.3, 0.4) is 0 Å². The first-order valence-electron chi connectivity index (χ1n) is 2.33. The minimum Gasteiger partial charge on any atom is -0.205 e. The van der Waals surface area contributed by atoms with Crippen molar-refractivity contribution < 1.29 is 4.39 Å². The molecule has 1 rings (SSSR count). The molecule has 0 heterocycles. The fraction of sp³-hybridized carbons (Fsp3) is 0. The quantitative estimate of drug-likeness (QED) is 0.503. The highest BCUT2D eigenvalue weighted by Gasteiger charge is 2.04. The van der Waals surface area contributed by atoms with Crippen LogP contribution < -0.4 is 0 Å². The molecule has 0 aliphatic rings. The third kappa shape index (κ3) is 1.71. The van der Waals surface area contributed by atoms with Crippen LogP contribution in [0.15, 0.2) is 15.0 Å². The summed E-state index contributed by atoms with van der Waals surface area (Å²) < 4.78 is 13.6. The smallest absolute Gasteiger partial charge is 0.144 e. The summed E-state index contributed by atoms with van der Waals surface area (Å²) in [6.45, 7) is 0. The van der Waals surface area contributed by atoms with E-state index >= 15 is 0 Å². The molecule has 0 unspecified atom stereocenters. The van der Waals surface area contributed by atoms with Gasteiger partial charge in [0.1, 0.15) is 5.82 Å². The largest absolute Gasteiger partial charge is 0.205 e. The topological polar surface area (TPSA) is 0 Å². The fourth-order valence-electron chi connectivity index (χ4n) is 0.475. The van der Waals surface area contributed by atoms with Crippen LogP contribution in [0.1, 0.15) is 0 Å². The van der Waals surface area contributed by atoms with E-state index < -0.39 is 5.82 Å². The fourth-order valence-corrected chi connectivity index (χ4v) is 1.65. The van der Waals surface area contributed by atoms with Gasteiger partial charge in [0.15, 0.2) is 0 Å². The van der Waals surface area contributed by atoms with Crippen LogP contribution in [0, 0.1) is 11.9 Å². The van der Waals surface area contributed by atoms with Gasteiger partial charge in [0.2, 0.25) is 0 Å². The minimum atomic E-state index is -0.459. The van der Waals surface area contributed by atoms with Gasteiger partial charge in [-0.15, -0.1) is 0 Å². The Kier molecular flexibility index (Phi) is 2.72. The molecule has 0 aromatic heterocycles. The van der Waals surface area contributed by atoms with E-state index in [-0.39, 0.29) is 5.02 Å². The number of hydrogen-bond acceptors (Lipinski definition) is 0. The second-order valence-corrected chi connectivity index (χ2v) is 3.62. The molecule has 0 aliphatic carbocycles. The average Bonchev–Trinajstić information content (AvgIpc) is 1.82. The average molecular weight is 287 g/mol. The van der Waals surface area contributed by atoms with E-state index in [0.29, 0.717) is 8.95 Å². The summed E-state index contributed by atoms with van der Waals surface area (Å²) in [6.07, 6.45) is 0. The second kappa shape index (κ2) is 3.20. The van der Waals surface area contributed by atoms with Gasteiger partial charge in [-0.25, -0.2) is 4.39 Å². The molecule has 0 saturated carbocycles. The number of benzene rings is 1. The molecular formula is C6HBr2ClF. The molecule has 0 spiro atoms. The highest BCUT2D eigenvalue weighted by atomic mass is 79.9. The third-order valence-corrected chi connectivity index (χ3v) is 2.50. The Morgan fingerprint density at radius 2 is 2.10 bits per heavy atom. The van der Waals surface area contributed by atoms with E-state index in [2.05, 4.69) is 37.9 Å². The van der Waals surface area contributed by atoms with Gasteiger partial charge in [0.25, 0.3) is 0 Å². The van der Waals surface area contributed by atoms with Gasteiger partial charge in [-0.2, -0.15) is 0 Å². The zero-order chi connectivity index (χ0) is 7.72. The zero-order valence-corrected chi connectivity index (χ0v) is 8.52. The van der Waals surface area contributed by atoms with Gasteiger partial charge in [-0.1, -0.05) is 27.5 Å². The van der Waals surface area contributed by atoms with E-state index in [9.17, 15) is 4.39 Å². The molecule has 4 heteroatoms. The molecule has 0 fully saturated rings. The van der Waals surface area contributed by atoms with Crippen LogP contribution in [0.4, 0.5) is 4.39 Å². The zero-order valence-electron chi connectivity index (χ0n) is 4.59. The summed E-state index contributed by atoms with van der Waals surface area (Å²) in [5.74, 6) is -0.459. The Hall–Kier alpha value is 0.400. The van der Waals surface area contributed by atoms with E-state index in [1.165, 1.54) is 6.07 Å². The van der Waals surface area contributed by atoms with Crippen LogP contribution in [0.5, 0.6) is 0 Å². The van der Waals surface area contributed by atoms with Crippen LogP contribution in [0.25, 0.3) is 0 Å². The van der Waals surface area contributed by atoms with Crippen LogP contribution in [0.2, 0.25) is 5.02 Å². The second-order valence-electron chi connectivity index (χ2n) is 1.59. The number of rotatable bonds is 0. The molecule has 0 atom stereocenters. The van der Waals surface area contributed by atoms with Crippen LogP contribution in [-0.2, 0) is 0 Å². The van der Waals surface area contributed by atoms with Gasteiger partial charge in [0, 0.05) is 15.0 Å². The van der Waals surface area contributed by atoms with Gasteiger partial charge in [0.05, 0.1) is 5.02 Å². The third-order valence-electron chi connectivity index (χ3n) is 0.885. The maximum absolute atomic E-state index is 12.6. The predicted octanol–water partition coefficient (Wildman–Crippen LogP) is 3.80. The van der Waals surface area contributed by atoms with Gasteiger partial charge in [-0.05, 0) is 22.0 Å².